The highest BCUT2D eigenvalue weighted by atomic mass is 79.9. The Balaban J connectivity index is 1.27. The first-order chi connectivity index (χ1) is 26.5. The molecule has 8 aromatic carbocycles. The van der Waals surface area contributed by atoms with Crippen LogP contribution in [0.1, 0.15) is 27.8 Å². The molecule has 8 aromatic rings. The minimum atomic E-state index is -0.499. The van der Waals surface area contributed by atoms with E-state index in [9.17, 15) is 4.39 Å². The van der Waals surface area contributed by atoms with Gasteiger partial charge in [0.25, 0.3) is 0 Å². The second-order valence-corrected chi connectivity index (χ2v) is 14.7. The van der Waals surface area contributed by atoms with Gasteiger partial charge in [-0.2, -0.15) is 0 Å². The van der Waals surface area contributed by atoms with E-state index in [1.54, 1.807) is 0 Å². The number of hydrogen-bond donors (Lipinski definition) is 0. The van der Waals surface area contributed by atoms with Crippen LogP contribution < -0.4 is 9.80 Å². The van der Waals surface area contributed by atoms with Crippen LogP contribution in [0.5, 0.6) is 0 Å². The largest absolute Gasteiger partial charge is 0.310 e. The molecule has 4 heteroatoms. The number of anilines is 6. The van der Waals surface area contributed by atoms with Crippen molar-refractivity contribution < 1.29 is 4.39 Å². The highest BCUT2D eigenvalue weighted by Gasteiger charge is 2.46. The lowest BCUT2D eigenvalue weighted by Gasteiger charge is -2.34. The van der Waals surface area contributed by atoms with Crippen molar-refractivity contribution in [3.63, 3.8) is 0 Å². The summed E-state index contributed by atoms with van der Waals surface area (Å²) < 4.78 is 15.4. The van der Waals surface area contributed by atoms with Gasteiger partial charge in [0.15, 0.2) is 0 Å². The van der Waals surface area contributed by atoms with Crippen LogP contribution in [-0.4, -0.2) is 0 Å². The van der Waals surface area contributed by atoms with E-state index in [-0.39, 0.29) is 5.82 Å². The molecule has 0 aliphatic heterocycles. The molecule has 0 aromatic heterocycles. The summed E-state index contributed by atoms with van der Waals surface area (Å²) in [7, 11) is 0. The molecule has 2 nitrogen and oxygen atoms in total. The smallest absolute Gasteiger partial charge is 0.123 e. The van der Waals surface area contributed by atoms with Crippen molar-refractivity contribution in [1.29, 1.82) is 0 Å². The van der Waals surface area contributed by atoms with Crippen molar-refractivity contribution in [3.8, 4) is 11.1 Å². The first-order valence-corrected chi connectivity index (χ1v) is 18.9. The number of rotatable bonds is 8. The van der Waals surface area contributed by atoms with Crippen molar-refractivity contribution >= 4 is 50.1 Å². The number of aryl methyl sites for hydroxylation is 1. The van der Waals surface area contributed by atoms with Gasteiger partial charge in [-0.3, -0.25) is 0 Å². The quantitative estimate of drug-likeness (QED) is 0.152. The first kappa shape index (κ1) is 33.6. The normalized spacial score (nSPS) is 12.5. The topological polar surface area (TPSA) is 6.48 Å². The van der Waals surface area contributed by atoms with E-state index in [4.69, 9.17) is 0 Å². The lowest BCUT2D eigenvalue weighted by Crippen LogP contribution is -2.28. The van der Waals surface area contributed by atoms with Crippen molar-refractivity contribution in [3.05, 3.63) is 238 Å². The Morgan fingerprint density at radius 1 is 0.407 bits per heavy atom. The molecule has 1 aliphatic carbocycles. The van der Waals surface area contributed by atoms with Crippen LogP contribution in [0.2, 0.25) is 0 Å². The third-order valence-corrected chi connectivity index (χ3v) is 10.9. The first-order valence-electron chi connectivity index (χ1n) is 18.1. The lowest BCUT2D eigenvalue weighted by atomic mass is 9.68. The van der Waals surface area contributed by atoms with Gasteiger partial charge in [-0.1, -0.05) is 143 Å². The number of nitrogens with zero attached hydrogens (tertiary/aromatic N) is 2. The average Bonchev–Trinajstić information content (AvgIpc) is 3.51. The molecule has 54 heavy (non-hydrogen) atoms. The summed E-state index contributed by atoms with van der Waals surface area (Å²) in [6, 6.07) is 69.5. The SMILES string of the molecule is Cc1ccc(N(c2ccccc2)c2cc(Br)cc(N(c3ccc(F)cc3)c3ccc4c(c3)-c3ccccc3C4(c3ccccc3)c3ccccc3)c2)cc1. The van der Waals surface area contributed by atoms with Gasteiger partial charge in [-0.05, 0) is 119 Å². The molecular formula is C50H36BrFN2. The summed E-state index contributed by atoms with van der Waals surface area (Å²) in [4.78, 5) is 4.49. The fraction of sp³-hybridized carbons (Fsp3) is 0.0400. The van der Waals surface area contributed by atoms with Crippen molar-refractivity contribution in [1.82, 2.24) is 0 Å². The van der Waals surface area contributed by atoms with Gasteiger partial charge in [-0.25, -0.2) is 4.39 Å². The van der Waals surface area contributed by atoms with Gasteiger partial charge >= 0.3 is 0 Å². The second-order valence-electron chi connectivity index (χ2n) is 13.7. The second kappa shape index (κ2) is 14.0. The van der Waals surface area contributed by atoms with Gasteiger partial charge in [-0.15, -0.1) is 0 Å². The molecule has 0 saturated carbocycles. The average molecular weight is 764 g/mol. The third-order valence-electron chi connectivity index (χ3n) is 10.5. The van der Waals surface area contributed by atoms with Crippen molar-refractivity contribution in [2.24, 2.45) is 0 Å². The van der Waals surface area contributed by atoms with Crippen LogP contribution >= 0.6 is 15.9 Å². The maximum atomic E-state index is 14.5. The minimum Gasteiger partial charge on any atom is -0.310 e. The predicted molar refractivity (Wildman–Crippen MR) is 226 cm³/mol. The van der Waals surface area contributed by atoms with E-state index in [0.717, 1.165) is 38.6 Å². The van der Waals surface area contributed by atoms with Gasteiger partial charge in [0.2, 0.25) is 0 Å². The Morgan fingerprint density at radius 3 is 1.48 bits per heavy atom. The Bertz CT molecular complexity index is 2530. The minimum absolute atomic E-state index is 0.276. The van der Waals surface area contributed by atoms with Crippen LogP contribution in [0.3, 0.4) is 0 Å². The maximum Gasteiger partial charge on any atom is 0.123 e. The monoisotopic (exact) mass is 762 g/mol. The highest BCUT2D eigenvalue weighted by Crippen LogP contribution is 2.57. The van der Waals surface area contributed by atoms with Crippen LogP contribution in [0.4, 0.5) is 38.5 Å². The van der Waals surface area contributed by atoms with Crippen LogP contribution in [-0.2, 0) is 5.41 Å². The van der Waals surface area contributed by atoms with E-state index >= 15 is 0 Å². The summed E-state index contributed by atoms with van der Waals surface area (Å²) in [6.45, 7) is 2.10. The number of para-hydroxylation sites is 1. The number of benzene rings is 8. The third kappa shape index (κ3) is 5.80. The number of hydrogen-bond acceptors (Lipinski definition) is 2. The highest BCUT2D eigenvalue weighted by molar-refractivity contribution is 9.10. The molecule has 0 spiro atoms. The summed E-state index contributed by atoms with van der Waals surface area (Å²) in [5, 5.41) is 0. The van der Waals surface area contributed by atoms with E-state index in [1.165, 1.54) is 51.1 Å². The zero-order chi connectivity index (χ0) is 36.6. The molecule has 0 N–H and O–H groups in total. The predicted octanol–water partition coefficient (Wildman–Crippen LogP) is 14.2. The molecule has 0 unspecified atom stereocenters. The fourth-order valence-electron chi connectivity index (χ4n) is 8.15. The summed E-state index contributed by atoms with van der Waals surface area (Å²) in [6.07, 6.45) is 0. The van der Waals surface area contributed by atoms with Gasteiger partial charge in [0.1, 0.15) is 5.82 Å². The molecule has 0 atom stereocenters. The van der Waals surface area contributed by atoms with Gasteiger partial charge < -0.3 is 9.80 Å². The van der Waals surface area contributed by atoms with Crippen LogP contribution in [0.25, 0.3) is 11.1 Å². The summed E-state index contributed by atoms with van der Waals surface area (Å²) in [5.74, 6) is -0.276. The molecule has 0 heterocycles. The molecule has 1 aliphatic rings. The number of fused-ring (bicyclic) bond motifs is 3. The Morgan fingerprint density at radius 2 is 0.870 bits per heavy atom. The molecule has 9 rings (SSSR count). The summed E-state index contributed by atoms with van der Waals surface area (Å²) >= 11 is 3.89. The number of halogens is 2. The van der Waals surface area contributed by atoms with Crippen molar-refractivity contribution in [2.75, 3.05) is 9.80 Å². The molecule has 0 amide bonds. The van der Waals surface area contributed by atoms with E-state index in [0.29, 0.717) is 0 Å². The lowest BCUT2D eigenvalue weighted by molar-refractivity contribution is 0.628. The Labute approximate surface area is 324 Å². The Kier molecular flexibility index (Phi) is 8.69. The molecular weight excluding hydrogens is 727 g/mol. The van der Waals surface area contributed by atoms with Crippen LogP contribution in [0.15, 0.2) is 205 Å². The zero-order valence-corrected chi connectivity index (χ0v) is 31.3. The Hall–Kier alpha value is -6.23. The van der Waals surface area contributed by atoms with E-state index < -0.39 is 5.41 Å². The summed E-state index contributed by atoms with van der Waals surface area (Å²) in [5.41, 5.74) is 13.8. The molecule has 260 valence electrons. The standard InChI is InChI=1S/C50H36BrFN2/c1-35-21-25-41(26-22-35)53(40-17-9-4-10-18-40)44-31-38(51)32-45(33-44)54(42-27-23-39(52)24-28-42)43-29-30-49-47(34-43)46-19-11-12-20-48(46)50(49,36-13-5-2-6-14-36)37-15-7-3-8-16-37/h2-34H,1H3. The van der Waals surface area contributed by atoms with E-state index in [1.807, 2.05) is 18.2 Å². The zero-order valence-electron chi connectivity index (χ0n) is 29.7. The van der Waals surface area contributed by atoms with E-state index in [2.05, 4.69) is 203 Å². The molecule has 0 bridgehead atoms. The molecule has 0 radical (unpaired) electrons. The van der Waals surface area contributed by atoms with Gasteiger partial charge in [0.05, 0.1) is 5.41 Å². The maximum absolute atomic E-state index is 14.5. The van der Waals surface area contributed by atoms with Gasteiger partial charge in [0, 0.05) is 38.6 Å². The fourth-order valence-corrected chi connectivity index (χ4v) is 8.62. The van der Waals surface area contributed by atoms with Crippen molar-refractivity contribution in [2.45, 2.75) is 12.3 Å². The van der Waals surface area contributed by atoms with Crippen LogP contribution in [0, 0.1) is 12.7 Å². The molecule has 0 saturated heterocycles. The molecule has 0 fully saturated rings.